The molecule has 0 saturated carbocycles. The van der Waals surface area contributed by atoms with Crippen LogP contribution in [-0.4, -0.2) is 55.0 Å². The number of pyridine rings is 1. The first-order valence-corrected chi connectivity index (χ1v) is 17.6. The second-order valence-electron chi connectivity index (χ2n) is 12.2. The van der Waals surface area contributed by atoms with E-state index in [9.17, 15) is 30.7 Å². The summed E-state index contributed by atoms with van der Waals surface area (Å²) in [5.41, 5.74) is 2.98. The van der Waals surface area contributed by atoms with Crippen LogP contribution in [0.15, 0.2) is 70.3 Å². The number of carbonyl (C=O) groups is 1. The maximum Gasteiger partial charge on any atom is 0.327 e. The maximum atomic E-state index is 11.9. The van der Waals surface area contributed by atoms with Crippen molar-refractivity contribution in [3.8, 4) is 0 Å². The molecule has 2 aliphatic heterocycles. The Morgan fingerprint density at radius 3 is 2.36 bits per heavy atom. The maximum absolute atomic E-state index is 11.9. The van der Waals surface area contributed by atoms with Gasteiger partial charge in [-0.15, -0.1) is 0 Å². The van der Waals surface area contributed by atoms with Gasteiger partial charge < -0.3 is 10.0 Å². The topological polar surface area (TPSA) is 166 Å². The van der Waals surface area contributed by atoms with Crippen molar-refractivity contribution in [3.05, 3.63) is 71.6 Å². The van der Waals surface area contributed by atoms with Gasteiger partial charge >= 0.3 is 11.8 Å². The van der Waals surface area contributed by atoms with Gasteiger partial charge in [0, 0.05) is 29.8 Å². The van der Waals surface area contributed by atoms with Crippen LogP contribution < -0.4 is 9.47 Å². The van der Waals surface area contributed by atoms with Gasteiger partial charge in [-0.05, 0) is 92.6 Å². The van der Waals surface area contributed by atoms with Crippen molar-refractivity contribution in [3.63, 3.8) is 0 Å². The summed E-state index contributed by atoms with van der Waals surface area (Å²) in [6.45, 7) is 9.02. The first-order valence-electron chi connectivity index (χ1n) is 14.5. The predicted octanol–water partition coefficient (Wildman–Crippen LogP) is 4.75. The zero-order valence-electron chi connectivity index (χ0n) is 25.4. The Balaban J connectivity index is 1.64. The van der Waals surface area contributed by atoms with Crippen LogP contribution in [0.25, 0.3) is 0 Å². The van der Waals surface area contributed by atoms with Crippen molar-refractivity contribution in [2.75, 3.05) is 17.2 Å². The summed E-state index contributed by atoms with van der Waals surface area (Å²) in [6, 6.07) is 8.39. The first-order chi connectivity index (χ1) is 20.4. The van der Waals surface area contributed by atoms with E-state index in [0.717, 1.165) is 42.2 Å². The fourth-order valence-corrected chi connectivity index (χ4v) is 6.90. The molecule has 2 aliphatic rings. The van der Waals surface area contributed by atoms with Crippen LogP contribution >= 0.6 is 0 Å². The molecule has 4 rings (SSSR count). The number of benzene rings is 1. The second kappa shape index (κ2) is 12.5. The Kier molecular flexibility index (Phi) is 9.55. The van der Waals surface area contributed by atoms with Crippen molar-refractivity contribution in [1.82, 2.24) is 0 Å². The van der Waals surface area contributed by atoms with Gasteiger partial charge in [-0.25, -0.2) is 4.57 Å². The number of nitrogens with zero attached hydrogens (tertiary/aromatic N) is 3. The van der Waals surface area contributed by atoms with Crippen LogP contribution in [0.4, 0.5) is 11.5 Å². The molecule has 3 N–H and O–H groups in total. The SMILES string of the molecule is CC1(C)C(=CC=CC2=Nc3c(ccc[n+]3CCCCCC(=O)O)C2(C)C)N(CCCS(=O)(=O)O)c2ccc(S(=O)(=O)O)cc21. The third-order valence-electron chi connectivity index (χ3n) is 8.32. The van der Waals surface area contributed by atoms with Crippen molar-refractivity contribution < 1.29 is 40.4 Å². The van der Waals surface area contributed by atoms with Crippen molar-refractivity contribution in [2.45, 2.75) is 82.1 Å². The normalized spacial score (nSPS) is 18.1. The van der Waals surface area contributed by atoms with Crippen LogP contribution in [0.2, 0.25) is 0 Å². The molecule has 13 heteroatoms. The quantitative estimate of drug-likeness (QED) is 0.158. The average molecular weight is 647 g/mol. The largest absolute Gasteiger partial charge is 0.481 e. The van der Waals surface area contributed by atoms with E-state index < -0.39 is 37.4 Å². The van der Waals surface area contributed by atoms with E-state index in [4.69, 9.17) is 10.1 Å². The van der Waals surface area contributed by atoms with Gasteiger partial charge in [0.1, 0.15) is 0 Å². The van der Waals surface area contributed by atoms with Gasteiger partial charge in [0.2, 0.25) is 0 Å². The average Bonchev–Trinajstić information content (AvgIpc) is 3.29. The zero-order chi connectivity index (χ0) is 32.5. The molecule has 0 fully saturated rings. The minimum atomic E-state index is -4.43. The van der Waals surface area contributed by atoms with E-state index in [1.165, 1.54) is 12.1 Å². The summed E-state index contributed by atoms with van der Waals surface area (Å²) in [5, 5.41) is 8.88. The number of aliphatic imine (C=N–C) groups is 1. The summed E-state index contributed by atoms with van der Waals surface area (Å²) < 4.78 is 67.6. The summed E-state index contributed by atoms with van der Waals surface area (Å²) in [4.78, 5) is 17.5. The number of aryl methyl sites for hydroxylation is 1. The Labute approximate surface area is 259 Å². The van der Waals surface area contributed by atoms with E-state index in [1.54, 1.807) is 6.07 Å². The highest BCUT2D eigenvalue weighted by Crippen LogP contribution is 2.48. The minimum absolute atomic E-state index is 0.140. The van der Waals surface area contributed by atoms with Crippen LogP contribution in [-0.2, 0) is 42.4 Å². The monoisotopic (exact) mass is 646 g/mol. The Hall–Kier alpha value is -3.39. The van der Waals surface area contributed by atoms with Gasteiger partial charge in [0.05, 0.1) is 34.4 Å². The van der Waals surface area contributed by atoms with E-state index in [-0.39, 0.29) is 29.7 Å². The highest BCUT2D eigenvalue weighted by atomic mass is 32.2. The molecule has 3 heterocycles. The van der Waals surface area contributed by atoms with Gasteiger partial charge in [0.25, 0.3) is 20.2 Å². The van der Waals surface area contributed by atoms with Crippen molar-refractivity contribution in [1.29, 1.82) is 0 Å². The molecule has 44 heavy (non-hydrogen) atoms. The molecule has 0 spiro atoms. The van der Waals surface area contributed by atoms with Crippen LogP contribution in [0, 0.1) is 0 Å². The smallest absolute Gasteiger partial charge is 0.327 e. The summed E-state index contributed by atoms with van der Waals surface area (Å²) in [6.07, 6.45) is 10.3. The van der Waals surface area contributed by atoms with Crippen LogP contribution in [0.1, 0.15) is 70.9 Å². The molecule has 1 aromatic carbocycles. The third-order valence-corrected chi connectivity index (χ3v) is 9.98. The molecule has 0 saturated heterocycles. The Morgan fingerprint density at radius 2 is 1.70 bits per heavy atom. The lowest BCUT2D eigenvalue weighted by atomic mass is 9.81. The highest BCUT2D eigenvalue weighted by molar-refractivity contribution is 7.86. The van der Waals surface area contributed by atoms with Crippen molar-refractivity contribution >= 4 is 43.4 Å². The molecular formula is C31H40N3O8S2+. The number of fused-ring (bicyclic) bond motifs is 2. The number of hydrogen-bond donors (Lipinski definition) is 3. The highest BCUT2D eigenvalue weighted by Gasteiger charge is 2.43. The number of anilines is 1. The standard InChI is InChI=1S/C31H39N3O8S2/c1-30(2)23-11-9-18-33(17-7-5-6-14-28(35)36)29(23)32-26(30)12-8-13-27-31(3,4)24-21-22(44(40,41)42)15-16-25(24)34(27)19-10-20-43(37,38)39/h8-9,11-13,15-16,18,21H,5-7,10,14,17,19-20H2,1-4H3,(H2-,35,36,37,38,39,40,41,42)/p+1. The van der Waals surface area contributed by atoms with E-state index in [2.05, 4.69) is 24.5 Å². The molecule has 0 aliphatic carbocycles. The summed E-state index contributed by atoms with van der Waals surface area (Å²) in [5.74, 6) is -0.347. The van der Waals surface area contributed by atoms with Gasteiger partial charge in [0.15, 0.2) is 5.71 Å². The molecule has 0 bridgehead atoms. The molecule has 0 radical (unpaired) electrons. The molecule has 0 atom stereocenters. The molecule has 1 aromatic heterocycles. The van der Waals surface area contributed by atoms with Gasteiger partial charge in [-0.2, -0.15) is 16.8 Å². The number of rotatable bonds is 13. The third kappa shape index (κ3) is 7.28. The van der Waals surface area contributed by atoms with Gasteiger partial charge in [-0.3, -0.25) is 13.9 Å². The van der Waals surface area contributed by atoms with E-state index in [1.807, 2.05) is 49.2 Å². The number of aliphatic carboxylic acids is 1. The Morgan fingerprint density at radius 1 is 0.977 bits per heavy atom. The number of unbranched alkanes of at least 4 members (excludes halogenated alkanes) is 2. The predicted molar refractivity (Wildman–Crippen MR) is 168 cm³/mol. The summed E-state index contributed by atoms with van der Waals surface area (Å²) >= 11 is 0. The van der Waals surface area contributed by atoms with E-state index in [0.29, 0.717) is 17.7 Å². The van der Waals surface area contributed by atoms with Gasteiger partial charge in [-0.1, -0.05) is 19.9 Å². The number of allylic oxidation sites excluding steroid dienone is 4. The molecule has 11 nitrogen and oxygen atoms in total. The number of aromatic nitrogens is 1. The van der Waals surface area contributed by atoms with E-state index >= 15 is 0 Å². The lowest BCUT2D eigenvalue weighted by molar-refractivity contribution is -0.684. The molecule has 2 aromatic rings. The lowest BCUT2D eigenvalue weighted by Crippen LogP contribution is -2.34. The molecule has 0 amide bonds. The second-order valence-corrected chi connectivity index (χ2v) is 15.2. The Bertz CT molecular complexity index is 1760. The number of carboxylic acid groups (broad SMARTS) is 1. The lowest BCUT2D eigenvalue weighted by Gasteiger charge is -2.27. The van der Waals surface area contributed by atoms with Crippen LogP contribution in [0.5, 0.6) is 0 Å². The molecule has 0 unspecified atom stereocenters. The van der Waals surface area contributed by atoms with Crippen molar-refractivity contribution in [2.24, 2.45) is 4.99 Å². The number of hydrogen-bond acceptors (Lipinski definition) is 7. The number of carboxylic acids is 1. The fraction of sp³-hybridized carbons (Fsp3) is 0.452. The fourth-order valence-electron chi connectivity index (χ4n) is 5.90. The first kappa shape index (κ1) is 33.5. The molecule has 238 valence electrons. The minimum Gasteiger partial charge on any atom is -0.481 e. The zero-order valence-corrected chi connectivity index (χ0v) is 27.0. The van der Waals surface area contributed by atoms with Crippen LogP contribution in [0.3, 0.4) is 0 Å². The molecular weight excluding hydrogens is 606 g/mol. The summed E-state index contributed by atoms with van der Waals surface area (Å²) in [7, 11) is -8.60.